The zero-order valence-corrected chi connectivity index (χ0v) is 9.46. The van der Waals surface area contributed by atoms with Crippen molar-refractivity contribution in [2.75, 3.05) is 7.11 Å². The summed E-state index contributed by atoms with van der Waals surface area (Å²) in [6, 6.07) is 5.52. The highest BCUT2D eigenvalue weighted by atomic mass is 16.5. The van der Waals surface area contributed by atoms with E-state index in [1.165, 1.54) is 6.20 Å². The van der Waals surface area contributed by atoms with Crippen LogP contribution in [0.25, 0.3) is 0 Å². The van der Waals surface area contributed by atoms with E-state index in [0.717, 1.165) is 5.56 Å². The summed E-state index contributed by atoms with van der Waals surface area (Å²) in [4.78, 5) is 7.95. The molecule has 5 nitrogen and oxygen atoms in total. The van der Waals surface area contributed by atoms with Crippen molar-refractivity contribution in [3.63, 3.8) is 0 Å². The summed E-state index contributed by atoms with van der Waals surface area (Å²) in [5.74, 6) is 1.63. The zero-order chi connectivity index (χ0) is 12.1. The van der Waals surface area contributed by atoms with Gasteiger partial charge in [-0.05, 0) is 17.7 Å². The maximum absolute atomic E-state index is 5.56. The van der Waals surface area contributed by atoms with Crippen LogP contribution >= 0.6 is 0 Å². The lowest BCUT2D eigenvalue weighted by Gasteiger charge is -2.10. The second-order valence-electron chi connectivity index (χ2n) is 3.34. The first kappa shape index (κ1) is 11.3. The average molecular weight is 231 g/mol. The summed E-state index contributed by atoms with van der Waals surface area (Å²) in [5, 5.41) is 0. The van der Waals surface area contributed by atoms with Gasteiger partial charge >= 0.3 is 0 Å². The number of nitrogens with zero attached hydrogens (tertiary/aromatic N) is 2. The molecule has 0 aliphatic heterocycles. The standard InChI is InChI=1S/C12H13N3O2/c1-16-11-6-9(7-13)2-3-10(11)17-12-8-14-4-5-15-12/h2-6,8H,7,13H2,1H3. The fourth-order valence-corrected chi connectivity index (χ4v) is 1.37. The molecule has 0 radical (unpaired) electrons. The Morgan fingerprint density at radius 3 is 2.76 bits per heavy atom. The Morgan fingerprint density at radius 1 is 1.24 bits per heavy atom. The second-order valence-corrected chi connectivity index (χ2v) is 3.34. The molecule has 0 aliphatic rings. The number of nitrogens with two attached hydrogens (primary N) is 1. The third kappa shape index (κ3) is 2.70. The molecule has 17 heavy (non-hydrogen) atoms. The van der Waals surface area contributed by atoms with Gasteiger partial charge < -0.3 is 15.2 Å². The predicted octanol–water partition coefficient (Wildman–Crippen LogP) is 1.74. The third-order valence-electron chi connectivity index (χ3n) is 2.22. The number of hydrogen-bond acceptors (Lipinski definition) is 5. The van der Waals surface area contributed by atoms with Crippen LogP contribution in [0.5, 0.6) is 17.4 Å². The maximum Gasteiger partial charge on any atom is 0.238 e. The van der Waals surface area contributed by atoms with Crippen molar-refractivity contribution in [1.82, 2.24) is 9.97 Å². The molecule has 0 saturated heterocycles. The van der Waals surface area contributed by atoms with Crippen molar-refractivity contribution in [2.24, 2.45) is 5.73 Å². The predicted molar refractivity (Wildman–Crippen MR) is 63.0 cm³/mol. The Hall–Kier alpha value is -2.14. The summed E-state index contributed by atoms with van der Waals surface area (Å²) in [6.45, 7) is 0.460. The van der Waals surface area contributed by atoms with Gasteiger partial charge in [0.1, 0.15) is 0 Å². The first-order valence-electron chi connectivity index (χ1n) is 5.14. The van der Waals surface area contributed by atoms with E-state index in [1.54, 1.807) is 25.6 Å². The molecule has 1 aromatic heterocycles. The first-order chi connectivity index (χ1) is 8.33. The van der Waals surface area contributed by atoms with Gasteiger partial charge in [0.15, 0.2) is 11.5 Å². The molecule has 0 fully saturated rings. The highest BCUT2D eigenvalue weighted by molar-refractivity contribution is 5.44. The lowest BCUT2D eigenvalue weighted by molar-refractivity contribution is 0.373. The normalized spacial score (nSPS) is 10.0. The van der Waals surface area contributed by atoms with Gasteiger partial charge in [-0.2, -0.15) is 0 Å². The second kappa shape index (κ2) is 5.27. The molecule has 5 heteroatoms. The summed E-state index contributed by atoms with van der Waals surface area (Å²) in [5.41, 5.74) is 6.54. The lowest BCUT2D eigenvalue weighted by atomic mass is 10.2. The van der Waals surface area contributed by atoms with Gasteiger partial charge in [0, 0.05) is 18.9 Å². The summed E-state index contributed by atoms with van der Waals surface area (Å²) in [6.07, 6.45) is 4.69. The van der Waals surface area contributed by atoms with Crippen molar-refractivity contribution in [3.8, 4) is 17.4 Å². The Labute approximate surface area is 99.2 Å². The van der Waals surface area contributed by atoms with Crippen LogP contribution in [0.1, 0.15) is 5.56 Å². The Bertz CT molecular complexity index is 488. The SMILES string of the molecule is COc1cc(CN)ccc1Oc1cnccn1. The minimum absolute atomic E-state index is 0.422. The Morgan fingerprint density at radius 2 is 2.12 bits per heavy atom. The van der Waals surface area contributed by atoms with Crippen molar-refractivity contribution in [2.45, 2.75) is 6.54 Å². The Balaban J connectivity index is 2.26. The van der Waals surface area contributed by atoms with E-state index < -0.39 is 0 Å². The fourth-order valence-electron chi connectivity index (χ4n) is 1.37. The number of methoxy groups -OCH3 is 1. The largest absolute Gasteiger partial charge is 0.493 e. The minimum atomic E-state index is 0.422. The van der Waals surface area contributed by atoms with E-state index in [1.807, 2.05) is 12.1 Å². The third-order valence-corrected chi connectivity index (χ3v) is 2.22. The van der Waals surface area contributed by atoms with Crippen LogP contribution < -0.4 is 15.2 Å². The molecule has 1 aromatic carbocycles. The van der Waals surface area contributed by atoms with Crippen LogP contribution in [-0.4, -0.2) is 17.1 Å². The van der Waals surface area contributed by atoms with Gasteiger partial charge in [-0.1, -0.05) is 6.07 Å². The molecule has 88 valence electrons. The first-order valence-corrected chi connectivity index (χ1v) is 5.14. The van der Waals surface area contributed by atoms with Gasteiger partial charge in [0.2, 0.25) is 5.88 Å². The van der Waals surface area contributed by atoms with Gasteiger partial charge in [0.25, 0.3) is 0 Å². The monoisotopic (exact) mass is 231 g/mol. The zero-order valence-electron chi connectivity index (χ0n) is 9.46. The van der Waals surface area contributed by atoms with Gasteiger partial charge in [-0.15, -0.1) is 0 Å². The van der Waals surface area contributed by atoms with Crippen LogP contribution in [0.2, 0.25) is 0 Å². The van der Waals surface area contributed by atoms with Crippen LogP contribution in [0.3, 0.4) is 0 Å². The Kier molecular flexibility index (Phi) is 3.52. The average Bonchev–Trinajstić information content (AvgIpc) is 2.40. The maximum atomic E-state index is 5.56. The minimum Gasteiger partial charge on any atom is -0.493 e. The molecular formula is C12H13N3O2. The number of benzene rings is 1. The van der Waals surface area contributed by atoms with E-state index in [2.05, 4.69) is 9.97 Å². The molecule has 0 unspecified atom stereocenters. The van der Waals surface area contributed by atoms with Crippen LogP contribution in [0, 0.1) is 0 Å². The van der Waals surface area contributed by atoms with E-state index in [0.29, 0.717) is 23.9 Å². The summed E-state index contributed by atoms with van der Waals surface area (Å²) >= 11 is 0. The highest BCUT2D eigenvalue weighted by Crippen LogP contribution is 2.31. The number of rotatable bonds is 4. The van der Waals surface area contributed by atoms with Crippen molar-refractivity contribution < 1.29 is 9.47 Å². The van der Waals surface area contributed by atoms with Crippen LogP contribution in [0.4, 0.5) is 0 Å². The molecule has 0 spiro atoms. The summed E-state index contributed by atoms with van der Waals surface area (Å²) in [7, 11) is 1.58. The van der Waals surface area contributed by atoms with Crippen molar-refractivity contribution >= 4 is 0 Å². The molecule has 2 rings (SSSR count). The molecule has 0 bridgehead atoms. The number of aromatic nitrogens is 2. The molecule has 0 amide bonds. The van der Waals surface area contributed by atoms with E-state index in [-0.39, 0.29) is 0 Å². The van der Waals surface area contributed by atoms with Crippen LogP contribution in [-0.2, 0) is 6.54 Å². The fraction of sp³-hybridized carbons (Fsp3) is 0.167. The quantitative estimate of drug-likeness (QED) is 0.867. The molecule has 0 saturated carbocycles. The van der Waals surface area contributed by atoms with Gasteiger partial charge in [0.05, 0.1) is 13.3 Å². The number of hydrogen-bond donors (Lipinski definition) is 1. The molecule has 1 heterocycles. The lowest BCUT2D eigenvalue weighted by Crippen LogP contribution is -1.98. The summed E-state index contributed by atoms with van der Waals surface area (Å²) < 4.78 is 10.8. The van der Waals surface area contributed by atoms with Crippen molar-refractivity contribution in [3.05, 3.63) is 42.4 Å². The van der Waals surface area contributed by atoms with E-state index in [9.17, 15) is 0 Å². The molecule has 0 aliphatic carbocycles. The molecular weight excluding hydrogens is 218 g/mol. The molecule has 0 atom stereocenters. The van der Waals surface area contributed by atoms with E-state index in [4.69, 9.17) is 15.2 Å². The van der Waals surface area contributed by atoms with E-state index >= 15 is 0 Å². The topological polar surface area (TPSA) is 70.3 Å². The number of ether oxygens (including phenoxy) is 2. The van der Waals surface area contributed by atoms with Crippen molar-refractivity contribution in [1.29, 1.82) is 0 Å². The van der Waals surface area contributed by atoms with Gasteiger partial charge in [-0.25, -0.2) is 4.98 Å². The van der Waals surface area contributed by atoms with Gasteiger partial charge in [-0.3, -0.25) is 4.98 Å². The smallest absolute Gasteiger partial charge is 0.238 e. The highest BCUT2D eigenvalue weighted by Gasteiger charge is 2.07. The molecule has 2 aromatic rings. The molecule has 2 N–H and O–H groups in total. The van der Waals surface area contributed by atoms with Crippen LogP contribution in [0.15, 0.2) is 36.8 Å².